The van der Waals surface area contributed by atoms with E-state index in [9.17, 15) is 0 Å². The van der Waals surface area contributed by atoms with E-state index in [1.54, 1.807) is 0 Å². The maximum absolute atomic E-state index is 4.42. The third-order valence-corrected chi connectivity index (χ3v) is 1.99. The number of benzene rings is 1. The number of aliphatic imine (C=N–C) groups is 1. The van der Waals surface area contributed by atoms with Crippen LogP contribution in [0.25, 0.3) is 0 Å². The Labute approximate surface area is 86.1 Å². The summed E-state index contributed by atoms with van der Waals surface area (Å²) in [5.74, 6) is 0.995. The summed E-state index contributed by atoms with van der Waals surface area (Å²) in [4.78, 5) is 4.42. The van der Waals surface area contributed by atoms with Gasteiger partial charge in [-0.25, -0.2) is 0 Å². The summed E-state index contributed by atoms with van der Waals surface area (Å²) in [7, 11) is 0. The zero-order chi connectivity index (χ0) is 10.4. The quantitative estimate of drug-likeness (QED) is 0.574. The zero-order valence-corrected chi connectivity index (χ0v) is 9.17. The highest BCUT2D eigenvalue weighted by molar-refractivity contribution is 5.98. The van der Waals surface area contributed by atoms with Crippen molar-refractivity contribution in [1.29, 1.82) is 0 Å². The van der Waals surface area contributed by atoms with E-state index in [4.69, 9.17) is 0 Å². The molecule has 0 bridgehead atoms. The lowest BCUT2D eigenvalue weighted by molar-refractivity contribution is 0.948. The van der Waals surface area contributed by atoms with Gasteiger partial charge in [-0.3, -0.25) is 4.99 Å². The second kappa shape index (κ2) is 5.43. The Balaban J connectivity index is 2.88. The molecule has 0 unspecified atom stereocenters. The van der Waals surface area contributed by atoms with E-state index in [1.807, 2.05) is 6.92 Å². The highest BCUT2D eigenvalue weighted by Crippen LogP contribution is 2.03. The Morgan fingerprint density at radius 3 is 2.36 bits per heavy atom. The van der Waals surface area contributed by atoms with E-state index in [0.717, 1.165) is 18.9 Å². The molecule has 0 atom stereocenters. The highest BCUT2D eigenvalue weighted by atomic mass is 15.0. The molecule has 2 nitrogen and oxygen atoms in total. The molecule has 1 rings (SSSR count). The average Bonchev–Trinajstić information content (AvgIpc) is 2.19. The standard InChI is InChI=1S/C12H18N2/c1-4-13-12(14-5-2)11-8-6-10(3)7-9-11/h6-9H,4-5H2,1-3H3,(H,13,14). The van der Waals surface area contributed by atoms with E-state index < -0.39 is 0 Å². The molecule has 14 heavy (non-hydrogen) atoms. The Morgan fingerprint density at radius 1 is 1.21 bits per heavy atom. The third kappa shape index (κ3) is 2.87. The average molecular weight is 190 g/mol. The summed E-state index contributed by atoms with van der Waals surface area (Å²) >= 11 is 0. The molecule has 2 heteroatoms. The number of amidine groups is 1. The molecule has 1 N–H and O–H groups in total. The van der Waals surface area contributed by atoms with Crippen molar-refractivity contribution >= 4 is 5.84 Å². The lowest BCUT2D eigenvalue weighted by Crippen LogP contribution is -2.24. The predicted molar refractivity (Wildman–Crippen MR) is 61.9 cm³/mol. The van der Waals surface area contributed by atoms with Gasteiger partial charge in [-0.15, -0.1) is 0 Å². The number of nitrogens with one attached hydrogen (secondary N) is 1. The van der Waals surface area contributed by atoms with Crippen molar-refractivity contribution in [3.8, 4) is 0 Å². The van der Waals surface area contributed by atoms with Crippen molar-refractivity contribution in [3.63, 3.8) is 0 Å². The van der Waals surface area contributed by atoms with Crippen LogP contribution in [0.15, 0.2) is 29.3 Å². The zero-order valence-electron chi connectivity index (χ0n) is 9.17. The van der Waals surface area contributed by atoms with Gasteiger partial charge in [0.2, 0.25) is 0 Å². The van der Waals surface area contributed by atoms with Gasteiger partial charge in [-0.2, -0.15) is 0 Å². The molecular weight excluding hydrogens is 172 g/mol. The fraction of sp³-hybridized carbons (Fsp3) is 0.417. The van der Waals surface area contributed by atoms with Crippen LogP contribution in [0, 0.1) is 6.92 Å². The molecule has 0 aliphatic carbocycles. The van der Waals surface area contributed by atoms with Crippen molar-refractivity contribution in [3.05, 3.63) is 35.4 Å². The molecule has 76 valence electrons. The molecule has 0 fully saturated rings. The van der Waals surface area contributed by atoms with Crippen LogP contribution in [-0.2, 0) is 0 Å². The highest BCUT2D eigenvalue weighted by Gasteiger charge is 1.99. The minimum Gasteiger partial charge on any atom is -0.370 e. The molecule has 1 aromatic carbocycles. The van der Waals surface area contributed by atoms with Crippen LogP contribution in [0.2, 0.25) is 0 Å². The number of rotatable bonds is 3. The molecule has 0 aliphatic heterocycles. The Bertz CT molecular complexity index is 299. The van der Waals surface area contributed by atoms with E-state index in [-0.39, 0.29) is 0 Å². The molecule has 0 spiro atoms. The summed E-state index contributed by atoms with van der Waals surface area (Å²) in [6.07, 6.45) is 0. The monoisotopic (exact) mass is 190 g/mol. The molecule has 1 aromatic rings. The van der Waals surface area contributed by atoms with Crippen LogP contribution in [0.3, 0.4) is 0 Å². The van der Waals surface area contributed by atoms with Gasteiger partial charge in [0, 0.05) is 18.7 Å². The Morgan fingerprint density at radius 2 is 1.86 bits per heavy atom. The largest absolute Gasteiger partial charge is 0.370 e. The summed E-state index contributed by atoms with van der Waals surface area (Å²) in [6, 6.07) is 8.43. The molecular formula is C12H18N2. The summed E-state index contributed by atoms with van der Waals surface area (Å²) in [5, 5.41) is 3.27. The van der Waals surface area contributed by atoms with Gasteiger partial charge in [-0.1, -0.05) is 29.8 Å². The van der Waals surface area contributed by atoms with Gasteiger partial charge in [-0.05, 0) is 20.8 Å². The van der Waals surface area contributed by atoms with Crippen molar-refractivity contribution < 1.29 is 0 Å². The maximum atomic E-state index is 4.42. The second-order valence-corrected chi connectivity index (χ2v) is 3.22. The molecule has 0 saturated carbocycles. The molecule has 0 heterocycles. The Hall–Kier alpha value is -1.31. The van der Waals surface area contributed by atoms with Gasteiger partial charge in [0.05, 0.1) is 0 Å². The van der Waals surface area contributed by atoms with Crippen molar-refractivity contribution in [1.82, 2.24) is 5.32 Å². The van der Waals surface area contributed by atoms with Crippen molar-refractivity contribution in [2.24, 2.45) is 4.99 Å². The second-order valence-electron chi connectivity index (χ2n) is 3.22. The van der Waals surface area contributed by atoms with Gasteiger partial charge in [0.15, 0.2) is 0 Å². The first-order chi connectivity index (χ1) is 6.77. The molecule has 0 amide bonds. The maximum Gasteiger partial charge on any atom is 0.128 e. The molecule has 0 aliphatic rings. The summed E-state index contributed by atoms with van der Waals surface area (Å²) in [5.41, 5.74) is 2.44. The van der Waals surface area contributed by atoms with Gasteiger partial charge < -0.3 is 5.32 Å². The van der Waals surface area contributed by atoms with Crippen LogP contribution in [0.1, 0.15) is 25.0 Å². The lowest BCUT2D eigenvalue weighted by atomic mass is 10.1. The van der Waals surface area contributed by atoms with Crippen LogP contribution >= 0.6 is 0 Å². The third-order valence-electron chi connectivity index (χ3n) is 1.99. The van der Waals surface area contributed by atoms with Crippen LogP contribution in [0.5, 0.6) is 0 Å². The van der Waals surface area contributed by atoms with Crippen LogP contribution in [0.4, 0.5) is 0 Å². The van der Waals surface area contributed by atoms with E-state index >= 15 is 0 Å². The SMILES string of the molecule is CCN=C(NCC)c1ccc(C)cc1. The van der Waals surface area contributed by atoms with Gasteiger partial charge >= 0.3 is 0 Å². The Kier molecular flexibility index (Phi) is 4.17. The van der Waals surface area contributed by atoms with Crippen molar-refractivity contribution in [2.45, 2.75) is 20.8 Å². The van der Waals surface area contributed by atoms with Crippen LogP contribution in [-0.4, -0.2) is 18.9 Å². The molecule has 0 saturated heterocycles. The number of aryl methyl sites for hydroxylation is 1. The van der Waals surface area contributed by atoms with E-state index in [2.05, 4.69) is 48.4 Å². The van der Waals surface area contributed by atoms with Gasteiger partial charge in [0.1, 0.15) is 5.84 Å². The fourth-order valence-corrected chi connectivity index (χ4v) is 1.29. The fourth-order valence-electron chi connectivity index (χ4n) is 1.29. The van der Waals surface area contributed by atoms with Crippen LogP contribution < -0.4 is 5.32 Å². The predicted octanol–water partition coefficient (Wildman–Crippen LogP) is 2.37. The lowest BCUT2D eigenvalue weighted by Gasteiger charge is -2.07. The number of nitrogens with zero attached hydrogens (tertiary/aromatic N) is 1. The topological polar surface area (TPSA) is 24.4 Å². The van der Waals surface area contributed by atoms with E-state index in [1.165, 1.54) is 11.1 Å². The normalized spacial score (nSPS) is 11.5. The van der Waals surface area contributed by atoms with Crippen molar-refractivity contribution in [2.75, 3.05) is 13.1 Å². The number of hydrogen-bond donors (Lipinski definition) is 1. The number of hydrogen-bond acceptors (Lipinski definition) is 1. The first-order valence-corrected chi connectivity index (χ1v) is 5.13. The van der Waals surface area contributed by atoms with Gasteiger partial charge in [0.25, 0.3) is 0 Å². The minimum absolute atomic E-state index is 0.816. The smallest absolute Gasteiger partial charge is 0.128 e. The summed E-state index contributed by atoms with van der Waals surface area (Å²) in [6.45, 7) is 7.95. The van der Waals surface area contributed by atoms with E-state index in [0.29, 0.717) is 0 Å². The first-order valence-electron chi connectivity index (χ1n) is 5.13. The molecule has 0 aromatic heterocycles. The molecule has 0 radical (unpaired) electrons. The minimum atomic E-state index is 0.816. The summed E-state index contributed by atoms with van der Waals surface area (Å²) < 4.78 is 0. The first kappa shape index (κ1) is 10.8.